The molecule has 26 heavy (non-hydrogen) atoms. The first-order chi connectivity index (χ1) is 12.6. The molecule has 5 nitrogen and oxygen atoms in total. The Bertz CT molecular complexity index is 702. The van der Waals surface area contributed by atoms with Crippen LogP contribution in [0.3, 0.4) is 0 Å². The van der Waals surface area contributed by atoms with Gasteiger partial charge in [-0.3, -0.25) is 14.5 Å². The van der Waals surface area contributed by atoms with Crippen LogP contribution in [0.25, 0.3) is 0 Å². The number of likely N-dealkylation sites (N-methyl/N-ethyl adjacent to an activating group) is 1. The van der Waals surface area contributed by atoms with Crippen LogP contribution in [0.15, 0.2) is 5.38 Å². The van der Waals surface area contributed by atoms with Crippen molar-refractivity contribution in [3.05, 3.63) is 11.1 Å². The number of thiazole rings is 1. The molecule has 4 aliphatic carbocycles. The molecule has 1 saturated heterocycles. The molecule has 0 spiro atoms. The molecule has 5 aliphatic rings. The average Bonchev–Trinajstić information content (AvgIpc) is 3.22. The van der Waals surface area contributed by atoms with E-state index < -0.39 is 0 Å². The number of amides is 2. The molecule has 2 heterocycles. The summed E-state index contributed by atoms with van der Waals surface area (Å²) in [4.78, 5) is 33.2. The van der Waals surface area contributed by atoms with E-state index in [0.29, 0.717) is 30.7 Å². The van der Waals surface area contributed by atoms with Crippen molar-refractivity contribution < 1.29 is 9.59 Å². The number of nitrogens with zero attached hydrogens (tertiary/aromatic N) is 3. The van der Waals surface area contributed by atoms with E-state index in [1.54, 1.807) is 4.90 Å². The lowest BCUT2D eigenvalue weighted by atomic mass is 9.54. The zero-order valence-electron chi connectivity index (χ0n) is 15.4. The van der Waals surface area contributed by atoms with Crippen molar-refractivity contribution in [1.29, 1.82) is 0 Å². The zero-order valence-corrected chi connectivity index (χ0v) is 16.2. The van der Waals surface area contributed by atoms with E-state index >= 15 is 0 Å². The molecular formula is C20H27N3O2S. The van der Waals surface area contributed by atoms with Crippen LogP contribution in [0, 0.1) is 23.7 Å². The summed E-state index contributed by atoms with van der Waals surface area (Å²) in [5.41, 5.74) is 0.811. The molecule has 0 atom stereocenters. The van der Waals surface area contributed by atoms with Crippen molar-refractivity contribution in [2.75, 3.05) is 18.5 Å². The summed E-state index contributed by atoms with van der Waals surface area (Å²) in [6.45, 7) is 0.757. The van der Waals surface area contributed by atoms with Gasteiger partial charge in [-0.2, -0.15) is 0 Å². The fourth-order valence-corrected chi connectivity index (χ4v) is 7.19. The Balaban J connectivity index is 1.26. The highest BCUT2D eigenvalue weighted by Crippen LogP contribution is 2.55. The molecule has 0 radical (unpaired) electrons. The SMILES string of the molecule is CN(C(=O)Cc1csc(N2CCCC2=O)n1)C1C2CC3CC(C2)CC1C3. The van der Waals surface area contributed by atoms with Crippen LogP contribution >= 0.6 is 11.3 Å². The van der Waals surface area contributed by atoms with Crippen molar-refractivity contribution in [2.45, 2.75) is 57.4 Å². The number of aromatic nitrogens is 1. The lowest BCUT2D eigenvalue weighted by molar-refractivity contribution is -0.140. The van der Waals surface area contributed by atoms with Gasteiger partial charge in [0.15, 0.2) is 5.13 Å². The van der Waals surface area contributed by atoms with Crippen LogP contribution in [0.5, 0.6) is 0 Å². The number of rotatable bonds is 4. The number of carbonyl (C=O) groups is 2. The first-order valence-electron chi connectivity index (χ1n) is 10.1. The fraction of sp³-hybridized carbons (Fsp3) is 0.750. The minimum Gasteiger partial charge on any atom is -0.342 e. The van der Waals surface area contributed by atoms with Gasteiger partial charge in [0.05, 0.1) is 12.1 Å². The third-order valence-corrected chi connectivity index (χ3v) is 8.11. The van der Waals surface area contributed by atoms with E-state index in [9.17, 15) is 9.59 Å². The Hall–Kier alpha value is -1.43. The van der Waals surface area contributed by atoms with Crippen LogP contribution in [-0.4, -0.2) is 41.3 Å². The third-order valence-electron chi connectivity index (χ3n) is 7.19. The molecule has 1 aromatic rings. The Labute approximate surface area is 158 Å². The minimum absolute atomic E-state index is 0.156. The molecule has 5 fully saturated rings. The Morgan fingerprint density at radius 3 is 2.54 bits per heavy atom. The highest BCUT2D eigenvalue weighted by molar-refractivity contribution is 7.14. The van der Waals surface area contributed by atoms with E-state index in [1.807, 2.05) is 17.3 Å². The second kappa shape index (κ2) is 6.32. The van der Waals surface area contributed by atoms with E-state index in [0.717, 1.165) is 35.6 Å². The summed E-state index contributed by atoms with van der Waals surface area (Å²) in [5.74, 6) is 3.63. The topological polar surface area (TPSA) is 53.5 Å². The van der Waals surface area contributed by atoms with E-state index in [1.165, 1.54) is 43.4 Å². The maximum absolute atomic E-state index is 12.9. The Morgan fingerprint density at radius 2 is 1.92 bits per heavy atom. The van der Waals surface area contributed by atoms with Crippen LogP contribution in [0.2, 0.25) is 0 Å². The first kappa shape index (κ1) is 16.7. The Kier molecular flexibility index (Phi) is 4.07. The van der Waals surface area contributed by atoms with Crippen molar-refractivity contribution in [3.63, 3.8) is 0 Å². The smallest absolute Gasteiger partial charge is 0.228 e. The predicted molar refractivity (Wildman–Crippen MR) is 101 cm³/mol. The molecule has 1 aliphatic heterocycles. The van der Waals surface area contributed by atoms with E-state index in [4.69, 9.17) is 0 Å². The maximum atomic E-state index is 12.9. The van der Waals surface area contributed by atoms with Gasteiger partial charge >= 0.3 is 0 Å². The van der Waals surface area contributed by atoms with Gasteiger partial charge in [0.2, 0.25) is 11.8 Å². The van der Waals surface area contributed by atoms with E-state index in [-0.39, 0.29) is 11.8 Å². The molecule has 140 valence electrons. The van der Waals surface area contributed by atoms with Crippen LogP contribution in [0.4, 0.5) is 5.13 Å². The van der Waals surface area contributed by atoms with Crippen LogP contribution < -0.4 is 4.90 Å². The molecule has 0 aromatic carbocycles. The second-order valence-corrected chi connectivity index (χ2v) is 9.71. The van der Waals surface area contributed by atoms with Crippen LogP contribution in [0.1, 0.15) is 50.6 Å². The summed E-state index contributed by atoms with van der Waals surface area (Å²) >= 11 is 1.49. The molecule has 4 saturated carbocycles. The van der Waals surface area contributed by atoms with Gasteiger partial charge < -0.3 is 4.90 Å². The lowest BCUT2D eigenvalue weighted by Crippen LogP contribution is -2.56. The first-order valence-corrected chi connectivity index (χ1v) is 11.0. The van der Waals surface area contributed by atoms with Gasteiger partial charge in [-0.25, -0.2) is 4.98 Å². The van der Waals surface area contributed by atoms with Gasteiger partial charge in [-0.1, -0.05) is 0 Å². The quantitative estimate of drug-likeness (QED) is 0.815. The average molecular weight is 374 g/mol. The van der Waals surface area contributed by atoms with Gasteiger partial charge in [-0.05, 0) is 62.2 Å². The summed E-state index contributed by atoms with van der Waals surface area (Å²) < 4.78 is 0. The fourth-order valence-electron chi connectivity index (χ4n) is 6.33. The summed E-state index contributed by atoms with van der Waals surface area (Å²) in [6.07, 6.45) is 8.62. The zero-order chi connectivity index (χ0) is 17.8. The standard InChI is InChI=1S/C20H27N3O2S/c1-22(19-14-6-12-5-13(8-14)9-15(19)7-12)18(25)10-16-11-26-20(21-16)23-4-2-3-17(23)24/h11-15,19H,2-10H2,1H3. The number of hydrogen-bond acceptors (Lipinski definition) is 4. The van der Waals surface area contributed by atoms with Gasteiger partial charge in [0.25, 0.3) is 0 Å². The Morgan fingerprint density at radius 1 is 1.23 bits per heavy atom. The predicted octanol–water partition coefficient (Wildman–Crippen LogP) is 3.10. The minimum atomic E-state index is 0.156. The largest absolute Gasteiger partial charge is 0.342 e. The summed E-state index contributed by atoms with van der Waals surface area (Å²) in [7, 11) is 2.01. The maximum Gasteiger partial charge on any atom is 0.228 e. The van der Waals surface area contributed by atoms with Crippen molar-refractivity contribution in [2.24, 2.45) is 23.7 Å². The van der Waals surface area contributed by atoms with Crippen molar-refractivity contribution in [1.82, 2.24) is 9.88 Å². The molecular weight excluding hydrogens is 346 g/mol. The van der Waals surface area contributed by atoms with E-state index in [2.05, 4.69) is 4.98 Å². The van der Waals surface area contributed by atoms with Gasteiger partial charge in [0.1, 0.15) is 0 Å². The third kappa shape index (κ3) is 2.77. The monoisotopic (exact) mass is 373 g/mol. The highest BCUT2D eigenvalue weighted by Gasteiger charge is 2.50. The van der Waals surface area contributed by atoms with Crippen LogP contribution in [-0.2, 0) is 16.0 Å². The normalized spacial score (nSPS) is 35.3. The number of hydrogen-bond donors (Lipinski definition) is 0. The second-order valence-electron chi connectivity index (χ2n) is 8.87. The summed E-state index contributed by atoms with van der Waals surface area (Å²) in [6, 6.07) is 0.438. The van der Waals surface area contributed by atoms with Gasteiger partial charge in [0, 0.05) is 31.4 Å². The molecule has 6 rings (SSSR count). The molecule has 0 N–H and O–H groups in total. The molecule has 4 bridgehead atoms. The van der Waals surface area contributed by atoms with Crippen molar-refractivity contribution in [3.8, 4) is 0 Å². The highest BCUT2D eigenvalue weighted by atomic mass is 32.1. The number of anilines is 1. The van der Waals surface area contributed by atoms with Gasteiger partial charge in [-0.15, -0.1) is 11.3 Å². The molecule has 6 heteroatoms. The van der Waals surface area contributed by atoms with Crippen molar-refractivity contribution >= 4 is 28.3 Å². The summed E-state index contributed by atoms with van der Waals surface area (Å²) in [5, 5.41) is 2.70. The number of carbonyl (C=O) groups excluding carboxylic acids is 2. The molecule has 0 unspecified atom stereocenters. The lowest BCUT2D eigenvalue weighted by Gasteiger charge is -2.56. The molecule has 1 aromatic heterocycles. The molecule has 2 amide bonds.